The summed E-state index contributed by atoms with van der Waals surface area (Å²) < 4.78 is 22.9. The molecule has 0 radical (unpaired) electrons. The van der Waals surface area contributed by atoms with Crippen molar-refractivity contribution in [2.24, 2.45) is 10.1 Å². The van der Waals surface area contributed by atoms with Crippen LogP contribution < -0.4 is 10.5 Å². The van der Waals surface area contributed by atoms with Crippen LogP contribution in [0.1, 0.15) is 12.5 Å². The van der Waals surface area contributed by atoms with Crippen molar-refractivity contribution in [3.63, 3.8) is 0 Å². The Morgan fingerprint density at radius 3 is 2.52 bits per heavy atom. The summed E-state index contributed by atoms with van der Waals surface area (Å²) in [6.45, 7) is 3.49. The molecular weight excluding hydrogens is 356 g/mol. The number of guanidine groups is 1. The van der Waals surface area contributed by atoms with Gasteiger partial charge in [0.05, 0.1) is 12.3 Å². The summed E-state index contributed by atoms with van der Waals surface area (Å²) in [5, 5.41) is 8.11. The molecule has 8 heteroatoms. The van der Waals surface area contributed by atoms with Crippen molar-refractivity contribution in [2.45, 2.75) is 13.5 Å². The highest BCUT2D eigenvalue weighted by Crippen LogP contribution is 2.11. The third-order valence-corrected chi connectivity index (χ3v) is 3.95. The fourth-order valence-electron chi connectivity index (χ4n) is 1.69. The highest BCUT2D eigenvalue weighted by Gasteiger charge is 2.07. The van der Waals surface area contributed by atoms with Gasteiger partial charge in [0.15, 0.2) is 5.96 Å². The van der Waals surface area contributed by atoms with Crippen molar-refractivity contribution < 1.29 is 8.42 Å². The summed E-state index contributed by atoms with van der Waals surface area (Å²) in [6.07, 6.45) is 0. The zero-order chi connectivity index (χ0) is 15.9. The second-order valence-corrected chi connectivity index (χ2v) is 7.23. The minimum atomic E-state index is -3.48. The normalized spacial score (nSPS) is 12.3. The predicted molar refractivity (Wildman–Crippen MR) is 89.6 cm³/mol. The maximum atomic E-state index is 10.9. The van der Waals surface area contributed by atoms with Gasteiger partial charge in [-0.25, -0.2) is 13.6 Å². The lowest BCUT2D eigenvalue weighted by molar-refractivity contribution is 0.477. The molecule has 0 fully saturated rings. The number of hydrogen-bond donors (Lipinski definition) is 2. The number of hydrogen-bond acceptors (Lipinski definition) is 3. The minimum absolute atomic E-state index is 0.145. The lowest BCUT2D eigenvalue weighted by Gasteiger charge is -2.22. The molecule has 0 saturated heterocycles. The fourth-order valence-corrected chi connectivity index (χ4v) is 2.30. The Morgan fingerprint density at radius 1 is 1.38 bits per heavy atom. The molecule has 0 bridgehead atoms. The average molecular weight is 377 g/mol. The molecule has 1 rings (SSSR count). The van der Waals surface area contributed by atoms with Gasteiger partial charge in [0.25, 0.3) is 0 Å². The van der Waals surface area contributed by atoms with E-state index in [1.165, 1.54) is 0 Å². The Balaban J connectivity index is 2.69. The molecule has 1 aromatic carbocycles. The van der Waals surface area contributed by atoms with E-state index in [-0.39, 0.29) is 12.3 Å². The second kappa shape index (κ2) is 8.35. The van der Waals surface area contributed by atoms with Crippen LogP contribution in [-0.2, 0) is 16.6 Å². The molecule has 21 heavy (non-hydrogen) atoms. The third kappa shape index (κ3) is 7.45. The van der Waals surface area contributed by atoms with Gasteiger partial charge in [0, 0.05) is 24.6 Å². The van der Waals surface area contributed by atoms with Crippen molar-refractivity contribution in [3.8, 4) is 0 Å². The quantitative estimate of drug-likeness (QED) is 0.575. The zero-order valence-electron chi connectivity index (χ0n) is 12.2. The van der Waals surface area contributed by atoms with Gasteiger partial charge in [0.2, 0.25) is 10.0 Å². The first-order valence-electron chi connectivity index (χ1n) is 6.56. The first kappa shape index (κ1) is 17.9. The van der Waals surface area contributed by atoms with Crippen LogP contribution in [-0.4, -0.2) is 45.2 Å². The minimum Gasteiger partial charge on any atom is -0.357 e. The first-order valence-corrected chi connectivity index (χ1v) is 9.07. The lowest BCUT2D eigenvalue weighted by Crippen LogP contribution is -2.39. The number of nitrogens with two attached hydrogens (primary N) is 1. The number of primary sulfonamides is 1. The van der Waals surface area contributed by atoms with Gasteiger partial charge >= 0.3 is 0 Å². The molecule has 0 aliphatic rings. The fraction of sp³-hybridized carbons (Fsp3) is 0.462. The predicted octanol–water partition coefficient (Wildman–Crippen LogP) is 1.13. The van der Waals surface area contributed by atoms with E-state index in [4.69, 9.17) is 5.14 Å². The van der Waals surface area contributed by atoms with Crippen molar-refractivity contribution in [1.82, 2.24) is 10.2 Å². The highest BCUT2D eigenvalue weighted by molar-refractivity contribution is 9.10. The van der Waals surface area contributed by atoms with E-state index >= 15 is 0 Å². The number of halogens is 1. The zero-order valence-corrected chi connectivity index (χ0v) is 14.6. The number of nitrogens with zero attached hydrogens (tertiary/aromatic N) is 2. The van der Waals surface area contributed by atoms with E-state index in [2.05, 4.69) is 26.2 Å². The average Bonchev–Trinajstić information content (AvgIpc) is 2.39. The Bertz CT molecular complexity index is 572. The van der Waals surface area contributed by atoms with Crippen LogP contribution in [0.5, 0.6) is 0 Å². The molecule has 3 N–H and O–H groups in total. The van der Waals surface area contributed by atoms with Crippen molar-refractivity contribution in [3.05, 3.63) is 34.3 Å². The van der Waals surface area contributed by atoms with Crippen LogP contribution in [0.4, 0.5) is 0 Å². The molecule has 0 spiro atoms. The molecule has 0 heterocycles. The molecular formula is C13H21BrN4O2S. The molecule has 0 aliphatic carbocycles. The van der Waals surface area contributed by atoms with E-state index in [0.717, 1.165) is 10.0 Å². The van der Waals surface area contributed by atoms with Gasteiger partial charge < -0.3 is 10.2 Å². The van der Waals surface area contributed by atoms with Crippen LogP contribution >= 0.6 is 15.9 Å². The van der Waals surface area contributed by atoms with E-state index in [9.17, 15) is 8.42 Å². The third-order valence-electron chi connectivity index (χ3n) is 2.67. The molecule has 1 aromatic rings. The molecule has 0 saturated carbocycles. The van der Waals surface area contributed by atoms with Crippen LogP contribution in [0.15, 0.2) is 33.7 Å². The van der Waals surface area contributed by atoms with Gasteiger partial charge in [-0.2, -0.15) is 0 Å². The summed E-state index contributed by atoms with van der Waals surface area (Å²) >= 11 is 3.40. The maximum absolute atomic E-state index is 10.9. The molecule has 0 unspecified atom stereocenters. The number of nitrogens with one attached hydrogen (secondary N) is 1. The van der Waals surface area contributed by atoms with Crippen LogP contribution in [0.25, 0.3) is 0 Å². The largest absolute Gasteiger partial charge is 0.357 e. The standard InChI is InChI=1S/C13H21BrN4O2S/c1-3-16-13(17-8-9-21(15,19)20)18(2)10-11-4-6-12(14)7-5-11/h4-7H,3,8-10H2,1-2H3,(H,16,17)(H2,15,19,20). The molecule has 0 atom stereocenters. The van der Waals surface area contributed by atoms with Crippen molar-refractivity contribution in [2.75, 3.05) is 25.9 Å². The number of aliphatic imine (C=N–C) groups is 1. The van der Waals surface area contributed by atoms with E-state index in [1.54, 1.807) is 0 Å². The smallest absolute Gasteiger partial charge is 0.210 e. The molecule has 0 aliphatic heterocycles. The first-order chi connectivity index (χ1) is 9.81. The topological polar surface area (TPSA) is 87.8 Å². The number of benzene rings is 1. The number of sulfonamides is 1. The van der Waals surface area contributed by atoms with Gasteiger partial charge in [-0.1, -0.05) is 28.1 Å². The van der Waals surface area contributed by atoms with Crippen molar-refractivity contribution in [1.29, 1.82) is 0 Å². The number of rotatable bonds is 6. The Morgan fingerprint density at radius 2 is 2.00 bits per heavy atom. The molecule has 6 nitrogen and oxygen atoms in total. The second-order valence-electron chi connectivity index (χ2n) is 4.59. The summed E-state index contributed by atoms with van der Waals surface area (Å²) in [5.41, 5.74) is 1.14. The summed E-state index contributed by atoms with van der Waals surface area (Å²) in [6, 6.07) is 8.01. The summed E-state index contributed by atoms with van der Waals surface area (Å²) in [5.74, 6) is 0.498. The van der Waals surface area contributed by atoms with Gasteiger partial charge in [0.1, 0.15) is 0 Å². The van der Waals surface area contributed by atoms with Gasteiger partial charge in [-0.15, -0.1) is 0 Å². The van der Waals surface area contributed by atoms with Gasteiger partial charge in [-0.05, 0) is 24.6 Å². The highest BCUT2D eigenvalue weighted by atomic mass is 79.9. The lowest BCUT2D eigenvalue weighted by atomic mass is 10.2. The van der Waals surface area contributed by atoms with Crippen LogP contribution in [0.2, 0.25) is 0 Å². The Labute approximate surface area is 134 Å². The van der Waals surface area contributed by atoms with E-state index in [1.807, 2.05) is 43.1 Å². The Kier molecular flexibility index (Phi) is 7.13. The summed E-state index contributed by atoms with van der Waals surface area (Å²) in [7, 11) is -1.58. The van der Waals surface area contributed by atoms with Crippen LogP contribution in [0.3, 0.4) is 0 Å². The summed E-state index contributed by atoms with van der Waals surface area (Å²) in [4.78, 5) is 6.22. The molecule has 0 amide bonds. The maximum Gasteiger partial charge on any atom is 0.210 e. The van der Waals surface area contributed by atoms with E-state index < -0.39 is 10.0 Å². The SMILES string of the molecule is CCNC(=NCCS(N)(=O)=O)N(C)Cc1ccc(Br)cc1. The van der Waals surface area contributed by atoms with Crippen molar-refractivity contribution >= 4 is 31.9 Å². The monoisotopic (exact) mass is 376 g/mol. The van der Waals surface area contributed by atoms with Crippen LogP contribution in [0, 0.1) is 0 Å². The van der Waals surface area contributed by atoms with Gasteiger partial charge in [-0.3, -0.25) is 4.99 Å². The molecule has 118 valence electrons. The molecule has 0 aromatic heterocycles. The Hall–Kier alpha value is -1.12. The van der Waals surface area contributed by atoms with E-state index in [0.29, 0.717) is 19.0 Å².